The molecule has 26 heavy (non-hydrogen) atoms. The molecule has 3 heterocycles. The Hall–Kier alpha value is -2.89. The standard InChI is InChI=1S/C20H22N4O2/c1-14-18(15(2)26-22-14)20(25)24-11-5-10-23(12-13-24)19-17-7-4-3-6-16(17)8-9-21-19/h3-4,6-9H,5,10-13H2,1-2H3. The van der Waals surface area contributed by atoms with Crippen molar-refractivity contribution in [3.8, 4) is 0 Å². The van der Waals surface area contributed by atoms with E-state index < -0.39 is 0 Å². The predicted molar refractivity (Wildman–Crippen MR) is 100 cm³/mol. The van der Waals surface area contributed by atoms with Crippen LogP contribution in [0.25, 0.3) is 10.8 Å². The summed E-state index contributed by atoms with van der Waals surface area (Å²) < 4.78 is 5.16. The molecule has 1 saturated heterocycles. The zero-order chi connectivity index (χ0) is 18.1. The number of benzene rings is 1. The summed E-state index contributed by atoms with van der Waals surface area (Å²) in [5.41, 5.74) is 1.26. The molecule has 0 N–H and O–H groups in total. The second-order valence-electron chi connectivity index (χ2n) is 6.69. The molecule has 0 spiro atoms. The number of aromatic nitrogens is 2. The van der Waals surface area contributed by atoms with Gasteiger partial charge < -0.3 is 14.3 Å². The van der Waals surface area contributed by atoms with Crippen molar-refractivity contribution in [2.45, 2.75) is 20.3 Å². The van der Waals surface area contributed by atoms with Gasteiger partial charge in [-0.2, -0.15) is 0 Å². The second-order valence-corrected chi connectivity index (χ2v) is 6.69. The number of nitrogens with zero attached hydrogens (tertiary/aromatic N) is 4. The number of fused-ring (bicyclic) bond motifs is 1. The van der Waals surface area contributed by atoms with Crippen LogP contribution >= 0.6 is 0 Å². The van der Waals surface area contributed by atoms with Gasteiger partial charge in [-0.25, -0.2) is 4.98 Å². The summed E-state index contributed by atoms with van der Waals surface area (Å²) in [6.45, 7) is 6.63. The average molecular weight is 350 g/mol. The maximum Gasteiger partial charge on any atom is 0.259 e. The van der Waals surface area contributed by atoms with E-state index in [4.69, 9.17) is 4.52 Å². The molecule has 1 fully saturated rings. The summed E-state index contributed by atoms with van der Waals surface area (Å²) >= 11 is 0. The number of pyridine rings is 1. The zero-order valence-electron chi connectivity index (χ0n) is 15.1. The lowest BCUT2D eigenvalue weighted by Gasteiger charge is -2.24. The molecule has 0 aliphatic carbocycles. The van der Waals surface area contributed by atoms with Crippen LogP contribution in [0.15, 0.2) is 41.1 Å². The molecule has 6 heteroatoms. The summed E-state index contributed by atoms with van der Waals surface area (Å²) in [6, 6.07) is 10.3. The summed E-state index contributed by atoms with van der Waals surface area (Å²) in [5, 5.41) is 6.25. The molecular weight excluding hydrogens is 328 g/mol. The molecule has 1 amide bonds. The quantitative estimate of drug-likeness (QED) is 0.710. The third-order valence-electron chi connectivity index (χ3n) is 4.98. The molecule has 0 bridgehead atoms. The van der Waals surface area contributed by atoms with Gasteiger partial charge in [0.15, 0.2) is 0 Å². The maximum absolute atomic E-state index is 12.9. The first-order valence-electron chi connectivity index (χ1n) is 8.96. The third kappa shape index (κ3) is 2.92. The fourth-order valence-corrected chi connectivity index (χ4v) is 3.63. The molecule has 0 unspecified atom stereocenters. The zero-order valence-corrected chi connectivity index (χ0v) is 15.1. The van der Waals surface area contributed by atoms with Crippen LogP contribution < -0.4 is 4.90 Å². The van der Waals surface area contributed by atoms with E-state index in [1.165, 1.54) is 5.39 Å². The van der Waals surface area contributed by atoms with E-state index in [1.54, 1.807) is 6.92 Å². The van der Waals surface area contributed by atoms with Gasteiger partial charge in [0.05, 0.1) is 5.69 Å². The number of hydrogen-bond donors (Lipinski definition) is 0. The first-order chi connectivity index (χ1) is 12.6. The van der Waals surface area contributed by atoms with Gasteiger partial charge >= 0.3 is 0 Å². The minimum Gasteiger partial charge on any atom is -0.361 e. The Morgan fingerprint density at radius 3 is 2.73 bits per heavy atom. The normalized spacial score (nSPS) is 15.3. The van der Waals surface area contributed by atoms with Crippen LogP contribution in [0.5, 0.6) is 0 Å². The summed E-state index contributed by atoms with van der Waals surface area (Å²) in [5.74, 6) is 1.59. The van der Waals surface area contributed by atoms with Gasteiger partial charge in [-0.05, 0) is 31.7 Å². The Morgan fingerprint density at radius 2 is 1.92 bits per heavy atom. The number of anilines is 1. The largest absolute Gasteiger partial charge is 0.361 e. The summed E-state index contributed by atoms with van der Waals surface area (Å²) in [6.07, 6.45) is 2.76. The number of amides is 1. The van der Waals surface area contributed by atoms with Crippen LogP contribution in [-0.2, 0) is 0 Å². The summed E-state index contributed by atoms with van der Waals surface area (Å²) in [7, 11) is 0. The minimum atomic E-state index is 0.00831. The molecule has 6 nitrogen and oxygen atoms in total. The number of hydrogen-bond acceptors (Lipinski definition) is 5. The predicted octanol–water partition coefficient (Wildman–Crippen LogP) is 3.19. The average Bonchev–Trinajstić information content (AvgIpc) is 2.86. The molecule has 1 aliphatic rings. The van der Waals surface area contributed by atoms with Crippen LogP contribution in [0.1, 0.15) is 28.2 Å². The second kappa shape index (κ2) is 6.78. The molecule has 1 aliphatic heterocycles. The van der Waals surface area contributed by atoms with E-state index in [0.717, 1.165) is 37.3 Å². The van der Waals surface area contributed by atoms with Gasteiger partial charge in [-0.1, -0.05) is 29.4 Å². The van der Waals surface area contributed by atoms with E-state index in [-0.39, 0.29) is 5.91 Å². The van der Waals surface area contributed by atoms with Gasteiger partial charge in [-0.3, -0.25) is 4.79 Å². The van der Waals surface area contributed by atoms with Crippen LogP contribution in [0.4, 0.5) is 5.82 Å². The summed E-state index contributed by atoms with van der Waals surface area (Å²) in [4.78, 5) is 21.7. The number of carbonyl (C=O) groups is 1. The highest BCUT2D eigenvalue weighted by Crippen LogP contribution is 2.25. The Bertz CT molecular complexity index is 925. The molecule has 134 valence electrons. The number of rotatable bonds is 2. The third-order valence-corrected chi connectivity index (χ3v) is 4.98. The lowest BCUT2D eigenvalue weighted by molar-refractivity contribution is 0.0764. The van der Waals surface area contributed by atoms with E-state index in [9.17, 15) is 4.79 Å². The lowest BCUT2D eigenvalue weighted by Crippen LogP contribution is -2.35. The molecule has 0 radical (unpaired) electrons. The van der Waals surface area contributed by atoms with E-state index in [1.807, 2.05) is 36.2 Å². The monoisotopic (exact) mass is 350 g/mol. The van der Waals surface area contributed by atoms with Crippen molar-refractivity contribution in [1.82, 2.24) is 15.0 Å². The van der Waals surface area contributed by atoms with Crippen molar-refractivity contribution < 1.29 is 9.32 Å². The molecule has 0 saturated carbocycles. The van der Waals surface area contributed by atoms with Gasteiger partial charge in [0, 0.05) is 37.8 Å². The Morgan fingerprint density at radius 1 is 1.08 bits per heavy atom. The van der Waals surface area contributed by atoms with Gasteiger partial charge in [0.2, 0.25) is 0 Å². The van der Waals surface area contributed by atoms with Crippen LogP contribution in [0.2, 0.25) is 0 Å². The highest BCUT2D eigenvalue weighted by molar-refractivity contribution is 5.96. The van der Waals surface area contributed by atoms with Crippen molar-refractivity contribution in [3.63, 3.8) is 0 Å². The van der Waals surface area contributed by atoms with Crippen LogP contribution in [0, 0.1) is 13.8 Å². The van der Waals surface area contributed by atoms with E-state index in [2.05, 4.69) is 27.2 Å². The molecule has 1 aromatic carbocycles. The van der Waals surface area contributed by atoms with Crippen LogP contribution in [0.3, 0.4) is 0 Å². The molecule has 0 atom stereocenters. The fourth-order valence-electron chi connectivity index (χ4n) is 3.63. The molecule has 2 aromatic heterocycles. The smallest absolute Gasteiger partial charge is 0.259 e. The van der Waals surface area contributed by atoms with Gasteiger partial charge in [0.25, 0.3) is 5.91 Å². The Labute approximate surface area is 152 Å². The van der Waals surface area contributed by atoms with Crippen molar-refractivity contribution in [2.75, 3.05) is 31.1 Å². The van der Waals surface area contributed by atoms with Crippen molar-refractivity contribution in [2.24, 2.45) is 0 Å². The van der Waals surface area contributed by atoms with Gasteiger partial charge in [0.1, 0.15) is 17.1 Å². The fraction of sp³-hybridized carbons (Fsp3) is 0.350. The van der Waals surface area contributed by atoms with Crippen molar-refractivity contribution >= 4 is 22.5 Å². The first kappa shape index (κ1) is 16.6. The molecule has 3 aromatic rings. The van der Waals surface area contributed by atoms with Gasteiger partial charge in [-0.15, -0.1) is 0 Å². The number of aryl methyl sites for hydroxylation is 2. The Kier molecular flexibility index (Phi) is 4.32. The highest BCUT2D eigenvalue weighted by atomic mass is 16.5. The van der Waals surface area contributed by atoms with E-state index >= 15 is 0 Å². The molecular formula is C20H22N4O2. The van der Waals surface area contributed by atoms with Crippen molar-refractivity contribution in [3.05, 3.63) is 53.5 Å². The Balaban J connectivity index is 1.56. The first-order valence-corrected chi connectivity index (χ1v) is 8.96. The van der Waals surface area contributed by atoms with E-state index in [0.29, 0.717) is 23.6 Å². The molecule has 4 rings (SSSR count). The lowest BCUT2D eigenvalue weighted by atomic mass is 10.1. The topological polar surface area (TPSA) is 62.5 Å². The van der Waals surface area contributed by atoms with Crippen LogP contribution in [-0.4, -0.2) is 47.1 Å². The number of carbonyl (C=O) groups excluding carboxylic acids is 1. The van der Waals surface area contributed by atoms with Crippen molar-refractivity contribution in [1.29, 1.82) is 0 Å². The SMILES string of the molecule is Cc1noc(C)c1C(=O)N1CCCN(c2nccc3ccccc23)CC1. The minimum absolute atomic E-state index is 0.00831. The highest BCUT2D eigenvalue weighted by Gasteiger charge is 2.26. The maximum atomic E-state index is 12.9.